The highest BCUT2D eigenvalue weighted by Crippen LogP contribution is 2.27. The highest BCUT2D eigenvalue weighted by Gasteiger charge is 2.25. The maximum Gasteiger partial charge on any atom is 0.180 e. The van der Waals surface area contributed by atoms with Crippen LogP contribution in [0.4, 0.5) is 17.6 Å². The van der Waals surface area contributed by atoms with Gasteiger partial charge in [0.15, 0.2) is 23.3 Å². The van der Waals surface area contributed by atoms with Crippen LogP contribution < -0.4 is 0 Å². The normalized spacial score (nSPS) is 9.87. The van der Waals surface area contributed by atoms with Gasteiger partial charge in [0.25, 0.3) is 0 Å². The summed E-state index contributed by atoms with van der Waals surface area (Å²) in [6.07, 6.45) is 0. The molecule has 0 aliphatic heterocycles. The quantitative estimate of drug-likeness (QED) is 0.521. The van der Waals surface area contributed by atoms with Gasteiger partial charge in [-0.15, -0.1) is 0 Å². The van der Waals surface area contributed by atoms with Gasteiger partial charge in [0.05, 0.1) is 5.56 Å². The topological polar surface area (TPSA) is 23.8 Å². The number of allylic oxidation sites excluding steroid dienone is 1. The molecular weight excluding hydrogens is 210 g/mol. The van der Waals surface area contributed by atoms with E-state index in [-0.39, 0.29) is 5.57 Å². The van der Waals surface area contributed by atoms with E-state index in [4.69, 9.17) is 5.26 Å². The molecule has 0 radical (unpaired) electrons. The molecule has 0 spiro atoms. The second kappa shape index (κ2) is 3.73. The second-order valence-corrected chi connectivity index (χ2v) is 2.90. The van der Waals surface area contributed by atoms with Crippen LogP contribution in [0.15, 0.2) is 6.58 Å². The number of benzene rings is 1. The van der Waals surface area contributed by atoms with Crippen LogP contribution in [0.5, 0.6) is 0 Å². The number of halogens is 4. The van der Waals surface area contributed by atoms with Gasteiger partial charge in [0, 0.05) is 0 Å². The summed E-state index contributed by atoms with van der Waals surface area (Å²) in [6, 6.07) is 1.05. The first-order valence-electron chi connectivity index (χ1n) is 3.83. The first-order valence-corrected chi connectivity index (χ1v) is 3.83. The van der Waals surface area contributed by atoms with E-state index >= 15 is 0 Å². The van der Waals surface area contributed by atoms with Gasteiger partial charge in [-0.05, 0) is 12.5 Å². The molecule has 15 heavy (non-hydrogen) atoms. The SMILES string of the molecule is C=C(C)c1c(F)c(F)c(C#N)c(F)c1F. The summed E-state index contributed by atoms with van der Waals surface area (Å²) in [5.41, 5.74) is -2.30. The van der Waals surface area contributed by atoms with Crippen molar-refractivity contribution in [3.05, 3.63) is 41.0 Å². The Morgan fingerprint density at radius 2 is 1.47 bits per heavy atom. The number of hydrogen-bond acceptors (Lipinski definition) is 1. The van der Waals surface area contributed by atoms with Crippen molar-refractivity contribution in [1.82, 2.24) is 0 Å². The summed E-state index contributed by atoms with van der Waals surface area (Å²) in [6.45, 7) is 4.39. The van der Waals surface area contributed by atoms with Crippen molar-refractivity contribution in [2.24, 2.45) is 0 Å². The molecule has 0 amide bonds. The fourth-order valence-corrected chi connectivity index (χ4v) is 1.10. The number of hydrogen-bond donors (Lipinski definition) is 0. The van der Waals surface area contributed by atoms with Gasteiger partial charge in [0.1, 0.15) is 11.6 Å². The van der Waals surface area contributed by atoms with Crippen molar-refractivity contribution in [2.75, 3.05) is 0 Å². The molecule has 1 aromatic rings. The summed E-state index contributed by atoms with van der Waals surface area (Å²) in [5.74, 6) is -6.60. The zero-order chi connectivity index (χ0) is 11.7. The summed E-state index contributed by atoms with van der Waals surface area (Å²) in [7, 11) is 0. The number of rotatable bonds is 1. The Bertz CT molecular complexity index is 456. The second-order valence-electron chi connectivity index (χ2n) is 2.90. The number of nitrogens with zero attached hydrogens (tertiary/aromatic N) is 1. The third-order valence-electron chi connectivity index (χ3n) is 1.80. The lowest BCUT2D eigenvalue weighted by molar-refractivity contribution is 0.446. The van der Waals surface area contributed by atoms with E-state index in [2.05, 4.69) is 6.58 Å². The standard InChI is InChI=1S/C10H5F4N/c1-4(2)6-9(13)7(11)5(3-15)8(12)10(6)14/h1H2,2H3. The van der Waals surface area contributed by atoms with Gasteiger partial charge in [-0.2, -0.15) is 5.26 Å². The van der Waals surface area contributed by atoms with E-state index in [1.165, 1.54) is 6.92 Å². The predicted molar refractivity (Wildman–Crippen MR) is 45.7 cm³/mol. The fourth-order valence-electron chi connectivity index (χ4n) is 1.10. The third kappa shape index (κ3) is 1.59. The molecule has 1 nitrogen and oxygen atoms in total. The molecular formula is C10H5F4N. The van der Waals surface area contributed by atoms with Crippen molar-refractivity contribution in [3.8, 4) is 6.07 Å². The Morgan fingerprint density at radius 1 is 1.07 bits per heavy atom. The first-order chi connectivity index (χ1) is 6.91. The molecule has 0 bridgehead atoms. The predicted octanol–water partition coefficient (Wildman–Crippen LogP) is 3.15. The van der Waals surface area contributed by atoms with Gasteiger partial charge in [-0.3, -0.25) is 0 Å². The van der Waals surface area contributed by atoms with Crippen molar-refractivity contribution < 1.29 is 17.6 Å². The van der Waals surface area contributed by atoms with E-state index < -0.39 is 34.4 Å². The van der Waals surface area contributed by atoms with Crippen LogP contribution in [0.3, 0.4) is 0 Å². The maximum atomic E-state index is 13.1. The van der Waals surface area contributed by atoms with E-state index in [0.29, 0.717) is 0 Å². The number of nitriles is 1. The molecule has 0 saturated carbocycles. The first kappa shape index (κ1) is 11.2. The Kier molecular flexibility index (Phi) is 2.80. The fraction of sp³-hybridized carbons (Fsp3) is 0.100. The molecule has 5 heteroatoms. The Labute approximate surface area is 83.3 Å². The maximum absolute atomic E-state index is 13.1. The minimum Gasteiger partial charge on any atom is -0.203 e. The molecule has 78 valence electrons. The van der Waals surface area contributed by atoms with Crippen LogP contribution in [0.25, 0.3) is 5.57 Å². The molecule has 0 aliphatic rings. The minimum atomic E-state index is -1.70. The average molecular weight is 215 g/mol. The van der Waals surface area contributed by atoms with E-state index in [9.17, 15) is 17.6 Å². The van der Waals surface area contributed by atoms with Crippen molar-refractivity contribution >= 4 is 5.57 Å². The van der Waals surface area contributed by atoms with Crippen LogP contribution in [0, 0.1) is 34.6 Å². The summed E-state index contributed by atoms with van der Waals surface area (Å²) < 4.78 is 52.3. The van der Waals surface area contributed by atoms with Crippen LogP contribution >= 0.6 is 0 Å². The zero-order valence-corrected chi connectivity index (χ0v) is 7.67. The molecule has 0 N–H and O–H groups in total. The van der Waals surface area contributed by atoms with Crippen LogP contribution in [-0.2, 0) is 0 Å². The monoisotopic (exact) mass is 215 g/mol. The molecule has 0 fully saturated rings. The van der Waals surface area contributed by atoms with Crippen molar-refractivity contribution in [1.29, 1.82) is 5.26 Å². The van der Waals surface area contributed by atoms with Crippen LogP contribution in [0.1, 0.15) is 18.1 Å². The molecule has 0 aromatic heterocycles. The van der Waals surface area contributed by atoms with Gasteiger partial charge in [-0.25, -0.2) is 17.6 Å². The van der Waals surface area contributed by atoms with Gasteiger partial charge in [0.2, 0.25) is 0 Å². The summed E-state index contributed by atoms with van der Waals surface area (Å²) >= 11 is 0. The van der Waals surface area contributed by atoms with Gasteiger partial charge >= 0.3 is 0 Å². The lowest BCUT2D eigenvalue weighted by Crippen LogP contribution is -2.05. The molecule has 0 saturated heterocycles. The van der Waals surface area contributed by atoms with Crippen molar-refractivity contribution in [3.63, 3.8) is 0 Å². The summed E-state index contributed by atoms with van der Waals surface area (Å²) in [5, 5.41) is 8.29. The van der Waals surface area contributed by atoms with Gasteiger partial charge < -0.3 is 0 Å². The highest BCUT2D eigenvalue weighted by atomic mass is 19.2. The van der Waals surface area contributed by atoms with E-state index in [0.717, 1.165) is 6.07 Å². The summed E-state index contributed by atoms with van der Waals surface area (Å²) in [4.78, 5) is 0. The van der Waals surface area contributed by atoms with Gasteiger partial charge in [-0.1, -0.05) is 6.58 Å². The van der Waals surface area contributed by atoms with Crippen LogP contribution in [0.2, 0.25) is 0 Å². The molecule has 1 aromatic carbocycles. The lowest BCUT2D eigenvalue weighted by atomic mass is 10.0. The molecule has 0 aliphatic carbocycles. The van der Waals surface area contributed by atoms with Crippen molar-refractivity contribution in [2.45, 2.75) is 6.92 Å². The molecule has 0 atom stereocenters. The minimum absolute atomic E-state index is 0.160. The van der Waals surface area contributed by atoms with E-state index in [1.54, 1.807) is 0 Å². The Morgan fingerprint density at radius 3 is 1.73 bits per heavy atom. The highest BCUT2D eigenvalue weighted by molar-refractivity contribution is 5.63. The smallest absolute Gasteiger partial charge is 0.180 e. The largest absolute Gasteiger partial charge is 0.203 e. The third-order valence-corrected chi connectivity index (χ3v) is 1.80. The average Bonchev–Trinajstić information content (AvgIpc) is 2.16. The zero-order valence-electron chi connectivity index (χ0n) is 7.67. The van der Waals surface area contributed by atoms with E-state index in [1.807, 2.05) is 0 Å². The Balaban J connectivity index is 3.76. The molecule has 0 unspecified atom stereocenters. The molecule has 1 rings (SSSR count). The molecule has 0 heterocycles. The lowest BCUT2D eigenvalue weighted by Gasteiger charge is -2.07. The van der Waals surface area contributed by atoms with Crippen LogP contribution in [-0.4, -0.2) is 0 Å². The Hall–Kier alpha value is -1.83.